The molecule has 1 atom stereocenters. The van der Waals surface area contributed by atoms with Crippen LogP contribution in [0.3, 0.4) is 0 Å². The van der Waals surface area contributed by atoms with Crippen LogP contribution in [0.25, 0.3) is 0 Å². The molecule has 7 heteroatoms. The summed E-state index contributed by atoms with van der Waals surface area (Å²) in [5.74, 6) is 0.0107. The molecule has 1 N–H and O–H groups in total. The maximum atomic E-state index is 12.4. The van der Waals surface area contributed by atoms with Crippen molar-refractivity contribution in [3.8, 4) is 5.75 Å². The van der Waals surface area contributed by atoms with Crippen LogP contribution in [0.1, 0.15) is 45.9 Å². The molecule has 1 aromatic carbocycles. The fourth-order valence-corrected chi connectivity index (χ4v) is 3.02. The lowest BCUT2D eigenvalue weighted by atomic mass is 9.87. The van der Waals surface area contributed by atoms with Gasteiger partial charge in [0.2, 0.25) is 0 Å². The molecular formula is C20H26N2O4S. The number of amides is 1. The number of hydrogen-bond acceptors (Lipinski definition) is 6. The molecule has 27 heavy (non-hydrogen) atoms. The fourth-order valence-electron chi connectivity index (χ4n) is 2.31. The number of nitrogens with one attached hydrogen (secondary N) is 1. The molecule has 0 saturated carbocycles. The summed E-state index contributed by atoms with van der Waals surface area (Å²) >= 11 is 1.26. The van der Waals surface area contributed by atoms with Gasteiger partial charge < -0.3 is 9.47 Å². The van der Waals surface area contributed by atoms with Crippen LogP contribution in [0.2, 0.25) is 0 Å². The van der Waals surface area contributed by atoms with Gasteiger partial charge in [-0.05, 0) is 37.0 Å². The average molecular weight is 391 g/mol. The molecule has 6 nitrogen and oxygen atoms in total. The van der Waals surface area contributed by atoms with Gasteiger partial charge in [-0.1, -0.05) is 32.9 Å². The molecule has 0 spiro atoms. The smallest absolute Gasteiger partial charge is 0.311 e. The van der Waals surface area contributed by atoms with Crippen LogP contribution in [0.4, 0.5) is 5.13 Å². The molecule has 1 amide bonds. The van der Waals surface area contributed by atoms with Gasteiger partial charge in [0.15, 0.2) is 11.2 Å². The minimum absolute atomic E-state index is 0.00107. The molecule has 0 bridgehead atoms. The molecule has 146 valence electrons. The maximum absolute atomic E-state index is 12.4. The van der Waals surface area contributed by atoms with Gasteiger partial charge in [0.1, 0.15) is 5.75 Å². The molecular weight excluding hydrogens is 364 g/mol. The van der Waals surface area contributed by atoms with Crippen LogP contribution in [0, 0.1) is 0 Å². The third-order valence-corrected chi connectivity index (χ3v) is 4.60. The van der Waals surface area contributed by atoms with Gasteiger partial charge in [-0.15, -0.1) is 11.3 Å². The number of hydrogen-bond donors (Lipinski definition) is 1. The Kier molecular flexibility index (Phi) is 6.96. The Morgan fingerprint density at radius 2 is 2.04 bits per heavy atom. The van der Waals surface area contributed by atoms with Gasteiger partial charge in [-0.25, -0.2) is 4.98 Å². The van der Waals surface area contributed by atoms with E-state index in [0.29, 0.717) is 23.2 Å². The van der Waals surface area contributed by atoms with E-state index in [-0.39, 0.29) is 23.7 Å². The summed E-state index contributed by atoms with van der Waals surface area (Å²) in [6.07, 6.45) is -0.594. The van der Waals surface area contributed by atoms with E-state index in [1.54, 1.807) is 19.2 Å². The van der Waals surface area contributed by atoms with Gasteiger partial charge in [0.25, 0.3) is 5.91 Å². The van der Waals surface area contributed by atoms with Crippen LogP contribution in [0.5, 0.6) is 5.75 Å². The number of nitrogens with zero attached hydrogens (tertiary/aromatic N) is 1. The molecule has 2 rings (SSSR count). The summed E-state index contributed by atoms with van der Waals surface area (Å²) in [6, 6.07) is 7.74. The monoisotopic (exact) mass is 390 g/mol. The molecule has 0 aliphatic rings. The summed E-state index contributed by atoms with van der Waals surface area (Å²) in [5, 5.41) is 4.88. The van der Waals surface area contributed by atoms with E-state index in [4.69, 9.17) is 9.47 Å². The molecule has 1 heterocycles. The molecule has 1 aromatic heterocycles. The Labute approximate surface area is 163 Å². The summed E-state index contributed by atoms with van der Waals surface area (Å²) in [6.45, 7) is 10.1. The van der Waals surface area contributed by atoms with E-state index in [0.717, 1.165) is 5.56 Å². The number of carbonyl (C=O) groups excluding carboxylic acids is 2. The standard InChI is InChI=1S/C20H26N2O4S/c1-6-25-17(23)11-15-12-27-19(21-15)22-18(24)13(2)26-16-9-7-8-14(10-16)20(3,4)5/h7-10,12-13H,6,11H2,1-5H3,(H,21,22,24)/t13-/m1/s1. The third kappa shape index (κ3) is 6.36. The number of esters is 1. The lowest BCUT2D eigenvalue weighted by Crippen LogP contribution is -2.30. The van der Waals surface area contributed by atoms with Crippen molar-refractivity contribution in [2.75, 3.05) is 11.9 Å². The van der Waals surface area contributed by atoms with Crippen LogP contribution < -0.4 is 10.1 Å². The van der Waals surface area contributed by atoms with E-state index in [9.17, 15) is 9.59 Å². The number of aromatic nitrogens is 1. The van der Waals surface area contributed by atoms with Crippen molar-refractivity contribution in [1.29, 1.82) is 0 Å². The highest BCUT2D eigenvalue weighted by atomic mass is 32.1. The van der Waals surface area contributed by atoms with Crippen LogP contribution in [-0.2, 0) is 26.2 Å². The second-order valence-corrected chi connectivity index (χ2v) is 8.01. The highest BCUT2D eigenvalue weighted by molar-refractivity contribution is 7.13. The van der Waals surface area contributed by atoms with Crippen molar-refractivity contribution in [2.45, 2.75) is 52.6 Å². The second-order valence-electron chi connectivity index (χ2n) is 7.15. The van der Waals surface area contributed by atoms with Crippen LogP contribution in [0.15, 0.2) is 29.6 Å². The Morgan fingerprint density at radius 3 is 2.70 bits per heavy atom. The molecule has 0 unspecified atom stereocenters. The first-order chi connectivity index (χ1) is 12.7. The van der Waals surface area contributed by atoms with Gasteiger partial charge in [-0.2, -0.15) is 0 Å². The lowest BCUT2D eigenvalue weighted by Gasteiger charge is -2.21. The Morgan fingerprint density at radius 1 is 1.30 bits per heavy atom. The maximum Gasteiger partial charge on any atom is 0.311 e. The minimum atomic E-state index is -0.683. The second kappa shape index (κ2) is 8.99. The molecule has 0 aliphatic heterocycles. The molecule has 0 radical (unpaired) electrons. The van der Waals surface area contributed by atoms with E-state index < -0.39 is 6.10 Å². The molecule has 0 fully saturated rings. The molecule has 0 saturated heterocycles. The zero-order chi connectivity index (χ0) is 20.0. The van der Waals surface area contributed by atoms with Crippen molar-refractivity contribution >= 4 is 28.3 Å². The number of thiazole rings is 1. The first kappa shape index (κ1) is 20.9. The zero-order valence-corrected chi connectivity index (χ0v) is 17.2. The number of anilines is 1. The van der Waals surface area contributed by atoms with Gasteiger partial charge in [0, 0.05) is 5.38 Å². The zero-order valence-electron chi connectivity index (χ0n) is 16.4. The van der Waals surface area contributed by atoms with Gasteiger partial charge in [0.05, 0.1) is 18.7 Å². The van der Waals surface area contributed by atoms with E-state index >= 15 is 0 Å². The average Bonchev–Trinajstić information content (AvgIpc) is 3.01. The molecule has 2 aromatic rings. The first-order valence-electron chi connectivity index (χ1n) is 8.87. The molecule has 0 aliphatic carbocycles. The number of carbonyl (C=O) groups is 2. The predicted molar refractivity (Wildman–Crippen MR) is 106 cm³/mol. The Bertz CT molecular complexity index is 795. The summed E-state index contributed by atoms with van der Waals surface area (Å²) in [7, 11) is 0. The first-order valence-corrected chi connectivity index (χ1v) is 9.75. The summed E-state index contributed by atoms with van der Waals surface area (Å²) in [4.78, 5) is 28.1. The number of ether oxygens (including phenoxy) is 2. The highest BCUT2D eigenvalue weighted by Crippen LogP contribution is 2.26. The van der Waals surface area contributed by atoms with E-state index in [2.05, 4.69) is 31.1 Å². The Hall–Kier alpha value is -2.41. The summed E-state index contributed by atoms with van der Waals surface area (Å²) < 4.78 is 10.7. The highest BCUT2D eigenvalue weighted by Gasteiger charge is 2.19. The fraction of sp³-hybridized carbons (Fsp3) is 0.450. The number of rotatable bonds is 7. The van der Waals surface area contributed by atoms with E-state index in [1.165, 1.54) is 11.3 Å². The normalized spacial score (nSPS) is 12.3. The van der Waals surface area contributed by atoms with Crippen molar-refractivity contribution in [2.24, 2.45) is 0 Å². The topological polar surface area (TPSA) is 77.5 Å². The predicted octanol–water partition coefficient (Wildman–Crippen LogP) is 3.95. The van der Waals surface area contributed by atoms with Gasteiger partial charge >= 0.3 is 5.97 Å². The van der Waals surface area contributed by atoms with Crippen LogP contribution in [-0.4, -0.2) is 29.6 Å². The van der Waals surface area contributed by atoms with Crippen molar-refractivity contribution in [1.82, 2.24) is 4.98 Å². The third-order valence-electron chi connectivity index (χ3n) is 3.79. The SMILES string of the molecule is CCOC(=O)Cc1csc(NC(=O)[C@@H](C)Oc2cccc(C(C)(C)C)c2)n1. The largest absolute Gasteiger partial charge is 0.481 e. The van der Waals surface area contributed by atoms with Crippen molar-refractivity contribution < 1.29 is 19.1 Å². The van der Waals surface area contributed by atoms with Gasteiger partial charge in [-0.3, -0.25) is 14.9 Å². The van der Waals surface area contributed by atoms with Crippen molar-refractivity contribution in [3.63, 3.8) is 0 Å². The summed E-state index contributed by atoms with van der Waals surface area (Å²) in [5.41, 5.74) is 1.71. The van der Waals surface area contributed by atoms with Crippen molar-refractivity contribution in [3.05, 3.63) is 40.9 Å². The number of benzene rings is 1. The van der Waals surface area contributed by atoms with Crippen LogP contribution >= 0.6 is 11.3 Å². The Balaban J connectivity index is 1.94. The van der Waals surface area contributed by atoms with E-state index in [1.807, 2.05) is 24.3 Å². The lowest BCUT2D eigenvalue weighted by molar-refractivity contribution is -0.142. The minimum Gasteiger partial charge on any atom is -0.481 e. The quantitative estimate of drug-likeness (QED) is 0.724.